The second-order valence-corrected chi connectivity index (χ2v) is 6.80. The number of hydrogen-bond acceptors (Lipinski definition) is 4. The van der Waals surface area contributed by atoms with E-state index in [0.29, 0.717) is 48.6 Å². The molecule has 0 radical (unpaired) electrons. The largest absolute Gasteiger partial charge is 0.331 e. The molecule has 0 spiro atoms. The first-order valence-electron chi connectivity index (χ1n) is 9.11. The van der Waals surface area contributed by atoms with Crippen molar-refractivity contribution in [3.8, 4) is 0 Å². The summed E-state index contributed by atoms with van der Waals surface area (Å²) in [6, 6.07) is 5.06. The summed E-state index contributed by atoms with van der Waals surface area (Å²) in [4.78, 5) is 37.3. The van der Waals surface area contributed by atoms with E-state index in [4.69, 9.17) is 5.73 Å². The number of nitrogens with zero attached hydrogens (tertiary/aromatic N) is 2. The first-order chi connectivity index (χ1) is 12.3. The van der Waals surface area contributed by atoms with Gasteiger partial charge in [0.25, 0.3) is 5.56 Å². The summed E-state index contributed by atoms with van der Waals surface area (Å²) < 4.78 is 2.77. The van der Waals surface area contributed by atoms with Crippen LogP contribution in [0.15, 0.2) is 27.8 Å². The summed E-state index contributed by atoms with van der Waals surface area (Å²) in [5.41, 5.74) is 6.20. The molecule has 2 rings (SSSR count). The van der Waals surface area contributed by atoms with Gasteiger partial charge in [0.15, 0.2) is 0 Å². The fraction of sp³-hybridized carbons (Fsp3) is 0.526. The van der Waals surface area contributed by atoms with Gasteiger partial charge < -0.3 is 11.1 Å². The maximum atomic E-state index is 12.6. The molecule has 1 amide bonds. The van der Waals surface area contributed by atoms with Crippen LogP contribution in [0.1, 0.15) is 34.1 Å². The van der Waals surface area contributed by atoms with Gasteiger partial charge in [-0.05, 0) is 50.4 Å². The molecule has 1 aromatic carbocycles. The highest BCUT2D eigenvalue weighted by Crippen LogP contribution is 2.18. The van der Waals surface area contributed by atoms with Gasteiger partial charge in [-0.15, -0.1) is 0 Å². The molecule has 1 heterocycles. The highest BCUT2D eigenvalue weighted by molar-refractivity contribution is 5.93. The highest BCUT2D eigenvalue weighted by Gasteiger charge is 2.17. The SMILES string of the molecule is CCn1c(=O)c2cc(NC(=O)CC(CN)C(C)C)ccc2n(CC)c1=O. The third kappa shape index (κ3) is 3.88. The molecule has 0 saturated carbocycles. The normalized spacial score (nSPS) is 12.5. The molecular weight excluding hydrogens is 332 g/mol. The van der Waals surface area contributed by atoms with Crippen LogP contribution in [0, 0.1) is 11.8 Å². The number of rotatable bonds is 7. The molecule has 0 bridgehead atoms. The maximum Gasteiger partial charge on any atom is 0.331 e. The van der Waals surface area contributed by atoms with Crippen molar-refractivity contribution in [3.05, 3.63) is 39.0 Å². The Morgan fingerprint density at radius 1 is 1.15 bits per heavy atom. The number of benzene rings is 1. The second kappa shape index (κ2) is 8.31. The van der Waals surface area contributed by atoms with Crippen LogP contribution in [0.3, 0.4) is 0 Å². The minimum atomic E-state index is -0.338. The van der Waals surface area contributed by atoms with E-state index in [1.165, 1.54) is 4.57 Å². The van der Waals surface area contributed by atoms with Crippen LogP contribution in [-0.2, 0) is 17.9 Å². The smallest absolute Gasteiger partial charge is 0.330 e. The van der Waals surface area contributed by atoms with Gasteiger partial charge in [0.2, 0.25) is 5.91 Å². The number of carbonyl (C=O) groups excluding carboxylic acids is 1. The Kier molecular flexibility index (Phi) is 6.37. The lowest BCUT2D eigenvalue weighted by Gasteiger charge is -2.18. The van der Waals surface area contributed by atoms with Crippen LogP contribution >= 0.6 is 0 Å². The molecule has 26 heavy (non-hydrogen) atoms. The number of amides is 1. The summed E-state index contributed by atoms with van der Waals surface area (Å²) in [7, 11) is 0. The van der Waals surface area contributed by atoms with Crippen molar-refractivity contribution in [1.82, 2.24) is 9.13 Å². The van der Waals surface area contributed by atoms with E-state index in [0.717, 1.165) is 0 Å². The lowest BCUT2D eigenvalue weighted by atomic mass is 9.92. The van der Waals surface area contributed by atoms with Crippen molar-refractivity contribution in [2.75, 3.05) is 11.9 Å². The standard InChI is InChI=1S/C19H28N4O3/c1-5-22-16-8-7-14(21-17(24)9-13(11-20)12(3)4)10-15(16)18(25)23(6-2)19(22)26/h7-8,10,12-13H,5-6,9,11,20H2,1-4H3,(H,21,24). The number of nitrogens with two attached hydrogens (primary N) is 1. The summed E-state index contributed by atoms with van der Waals surface area (Å²) in [5, 5.41) is 3.26. The first kappa shape index (κ1) is 19.9. The summed E-state index contributed by atoms with van der Waals surface area (Å²) in [5.74, 6) is 0.296. The summed E-state index contributed by atoms with van der Waals surface area (Å²) >= 11 is 0. The number of aromatic nitrogens is 2. The van der Waals surface area contributed by atoms with E-state index >= 15 is 0 Å². The van der Waals surface area contributed by atoms with E-state index in [1.807, 2.05) is 20.8 Å². The van der Waals surface area contributed by atoms with Gasteiger partial charge in [-0.2, -0.15) is 0 Å². The molecule has 7 heteroatoms. The van der Waals surface area contributed by atoms with Crippen LogP contribution in [0.25, 0.3) is 10.9 Å². The van der Waals surface area contributed by atoms with Gasteiger partial charge in [0.05, 0.1) is 10.9 Å². The van der Waals surface area contributed by atoms with Crippen LogP contribution in [0.4, 0.5) is 5.69 Å². The minimum Gasteiger partial charge on any atom is -0.330 e. The molecule has 0 saturated heterocycles. The average molecular weight is 360 g/mol. The molecular formula is C19H28N4O3. The fourth-order valence-electron chi connectivity index (χ4n) is 3.13. The zero-order valence-corrected chi connectivity index (χ0v) is 15.9. The predicted octanol–water partition coefficient (Wildman–Crippen LogP) is 1.76. The van der Waals surface area contributed by atoms with Gasteiger partial charge in [0.1, 0.15) is 0 Å². The average Bonchev–Trinajstić information content (AvgIpc) is 2.60. The van der Waals surface area contributed by atoms with Crippen LogP contribution < -0.4 is 22.3 Å². The van der Waals surface area contributed by atoms with Crippen LogP contribution in [0.2, 0.25) is 0 Å². The highest BCUT2D eigenvalue weighted by atomic mass is 16.2. The Bertz CT molecular complexity index is 911. The fourth-order valence-corrected chi connectivity index (χ4v) is 3.13. The van der Waals surface area contributed by atoms with Gasteiger partial charge in [-0.1, -0.05) is 13.8 Å². The number of nitrogens with one attached hydrogen (secondary N) is 1. The Hall–Kier alpha value is -2.41. The van der Waals surface area contributed by atoms with Crippen molar-refractivity contribution in [1.29, 1.82) is 0 Å². The molecule has 0 aliphatic rings. The molecule has 3 N–H and O–H groups in total. The Balaban J connectivity index is 2.41. The van der Waals surface area contributed by atoms with Crippen molar-refractivity contribution in [2.24, 2.45) is 17.6 Å². The molecule has 0 fully saturated rings. The Labute approximate surface area is 152 Å². The quantitative estimate of drug-likeness (QED) is 0.786. The van der Waals surface area contributed by atoms with Crippen molar-refractivity contribution >= 4 is 22.5 Å². The zero-order chi connectivity index (χ0) is 19.4. The molecule has 1 unspecified atom stereocenters. The van der Waals surface area contributed by atoms with Gasteiger partial charge in [-0.3, -0.25) is 18.7 Å². The lowest BCUT2D eigenvalue weighted by molar-refractivity contribution is -0.117. The van der Waals surface area contributed by atoms with E-state index in [2.05, 4.69) is 5.32 Å². The van der Waals surface area contributed by atoms with Crippen LogP contribution in [-0.4, -0.2) is 21.6 Å². The second-order valence-electron chi connectivity index (χ2n) is 6.80. The van der Waals surface area contributed by atoms with Gasteiger partial charge in [0, 0.05) is 25.2 Å². The summed E-state index contributed by atoms with van der Waals surface area (Å²) in [6.07, 6.45) is 0.333. The van der Waals surface area contributed by atoms with E-state index in [9.17, 15) is 14.4 Å². The molecule has 1 atom stereocenters. The van der Waals surface area contributed by atoms with Crippen LogP contribution in [0.5, 0.6) is 0 Å². The minimum absolute atomic E-state index is 0.109. The van der Waals surface area contributed by atoms with Gasteiger partial charge in [-0.25, -0.2) is 4.79 Å². The van der Waals surface area contributed by atoms with Crippen molar-refractivity contribution in [3.63, 3.8) is 0 Å². The maximum absolute atomic E-state index is 12.6. The Morgan fingerprint density at radius 2 is 1.81 bits per heavy atom. The summed E-state index contributed by atoms with van der Waals surface area (Å²) in [6.45, 7) is 8.92. The van der Waals surface area contributed by atoms with Crippen molar-refractivity contribution < 1.29 is 4.79 Å². The Morgan fingerprint density at radius 3 is 2.35 bits per heavy atom. The van der Waals surface area contributed by atoms with Crippen molar-refractivity contribution in [2.45, 2.75) is 47.2 Å². The van der Waals surface area contributed by atoms with E-state index in [1.54, 1.807) is 29.7 Å². The monoisotopic (exact) mass is 360 g/mol. The first-order valence-corrected chi connectivity index (χ1v) is 9.11. The number of anilines is 1. The third-order valence-electron chi connectivity index (χ3n) is 4.83. The molecule has 142 valence electrons. The topological polar surface area (TPSA) is 99.1 Å². The molecule has 0 aliphatic carbocycles. The number of hydrogen-bond donors (Lipinski definition) is 2. The molecule has 2 aromatic rings. The lowest BCUT2D eigenvalue weighted by Crippen LogP contribution is -2.39. The molecule has 7 nitrogen and oxygen atoms in total. The third-order valence-corrected chi connectivity index (χ3v) is 4.83. The van der Waals surface area contributed by atoms with E-state index < -0.39 is 0 Å². The predicted molar refractivity (Wildman–Crippen MR) is 104 cm³/mol. The van der Waals surface area contributed by atoms with Gasteiger partial charge >= 0.3 is 5.69 Å². The number of carbonyl (C=O) groups is 1. The van der Waals surface area contributed by atoms with E-state index in [-0.39, 0.29) is 23.1 Å². The zero-order valence-electron chi connectivity index (χ0n) is 15.9. The number of aryl methyl sites for hydroxylation is 1. The number of fused-ring (bicyclic) bond motifs is 1. The molecule has 1 aromatic heterocycles. The molecule has 0 aliphatic heterocycles.